The van der Waals surface area contributed by atoms with Gasteiger partial charge in [-0.15, -0.1) is 0 Å². The first kappa shape index (κ1) is 18.7. The first-order chi connectivity index (χ1) is 11.1. The molecule has 0 N–H and O–H groups in total. The van der Waals surface area contributed by atoms with Crippen LogP contribution in [0.4, 0.5) is 13.2 Å². The molecule has 130 valence electrons. The normalized spacial score (nSPS) is 12.4. The molecule has 0 radical (unpaired) electrons. The average molecular weight is 425 g/mol. The molecule has 0 saturated carbocycles. The van der Waals surface area contributed by atoms with E-state index in [1.54, 1.807) is 0 Å². The maximum Gasteiger partial charge on any atom is 0.435 e. The zero-order valence-corrected chi connectivity index (χ0v) is 14.7. The fourth-order valence-electron chi connectivity index (χ4n) is 1.99. The number of rotatable bonds is 5. The lowest BCUT2D eigenvalue weighted by Gasteiger charge is -2.10. The van der Waals surface area contributed by atoms with Gasteiger partial charge in [0.05, 0.1) is 21.7 Å². The quantitative estimate of drug-likeness (QED) is 0.545. The Morgan fingerprint density at radius 2 is 1.96 bits per heavy atom. The number of alkyl halides is 4. The van der Waals surface area contributed by atoms with Crippen molar-refractivity contribution < 1.29 is 26.4 Å². The predicted octanol–water partition coefficient (Wildman–Crippen LogP) is 3.26. The fourth-order valence-corrected chi connectivity index (χ4v) is 3.42. The minimum Gasteiger partial charge on any atom is -0.293 e. The maximum atomic E-state index is 12.6. The van der Waals surface area contributed by atoms with Gasteiger partial charge < -0.3 is 0 Å². The van der Waals surface area contributed by atoms with E-state index in [1.807, 2.05) is 0 Å². The Hall–Kier alpha value is -1.68. The second-order valence-corrected chi connectivity index (χ2v) is 7.59. The number of hydrogen-bond acceptors (Lipinski definition) is 4. The Kier molecular flexibility index (Phi) is 5.19. The van der Waals surface area contributed by atoms with E-state index in [9.17, 15) is 26.4 Å². The molecule has 2 aromatic rings. The number of sulfone groups is 1. The van der Waals surface area contributed by atoms with Crippen molar-refractivity contribution in [1.82, 2.24) is 9.78 Å². The van der Waals surface area contributed by atoms with Crippen molar-refractivity contribution in [2.75, 3.05) is 11.1 Å². The molecule has 1 aromatic heterocycles. The minimum atomic E-state index is -4.60. The molecule has 24 heavy (non-hydrogen) atoms. The van der Waals surface area contributed by atoms with Crippen LogP contribution in [0.3, 0.4) is 0 Å². The topological polar surface area (TPSA) is 69.0 Å². The van der Waals surface area contributed by atoms with Crippen LogP contribution in [0.5, 0.6) is 0 Å². The summed E-state index contributed by atoms with van der Waals surface area (Å²) in [5, 5.41) is 3.33. The number of halogens is 4. The van der Waals surface area contributed by atoms with Gasteiger partial charge in [-0.3, -0.25) is 4.79 Å². The van der Waals surface area contributed by atoms with Gasteiger partial charge in [-0.25, -0.2) is 13.1 Å². The lowest BCUT2D eigenvalue weighted by molar-refractivity contribution is -0.141. The van der Waals surface area contributed by atoms with Gasteiger partial charge in [-0.05, 0) is 24.3 Å². The van der Waals surface area contributed by atoms with Gasteiger partial charge in [0.25, 0.3) is 0 Å². The summed E-state index contributed by atoms with van der Waals surface area (Å²) in [7, 11) is -3.74. The van der Waals surface area contributed by atoms with Crippen LogP contribution in [0.2, 0.25) is 0 Å². The third kappa shape index (κ3) is 3.69. The molecule has 0 bridgehead atoms. The molecule has 1 aromatic carbocycles. The van der Waals surface area contributed by atoms with E-state index in [0.717, 1.165) is 23.0 Å². The van der Waals surface area contributed by atoms with Gasteiger partial charge in [0.2, 0.25) is 0 Å². The smallest absolute Gasteiger partial charge is 0.293 e. The van der Waals surface area contributed by atoms with E-state index < -0.39 is 27.5 Å². The van der Waals surface area contributed by atoms with Crippen LogP contribution in [0.15, 0.2) is 35.4 Å². The summed E-state index contributed by atoms with van der Waals surface area (Å²) >= 11 is 2.98. The zero-order chi connectivity index (χ0) is 18.1. The van der Waals surface area contributed by atoms with Crippen LogP contribution in [-0.4, -0.2) is 35.1 Å². The van der Waals surface area contributed by atoms with Gasteiger partial charge in [-0.2, -0.15) is 18.3 Å². The van der Waals surface area contributed by atoms with Crippen molar-refractivity contribution in [3.63, 3.8) is 0 Å². The highest BCUT2D eigenvalue weighted by Gasteiger charge is 2.33. The molecular weight excluding hydrogens is 413 g/mol. The Morgan fingerprint density at radius 1 is 1.29 bits per heavy atom. The summed E-state index contributed by atoms with van der Waals surface area (Å²) in [6, 6.07) is 4.56. The molecule has 0 aliphatic carbocycles. The summed E-state index contributed by atoms with van der Waals surface area (Å²) in [5.74, 6) is -0.684. The minimum absolute atomic E-state index is 0.0133. The Bertz CT molecular complexity index is 876. The van der Waals surface area contributed by atoms with Crippen LogP contribution >= 0.6 is 15.9 Å². The van der Waals surface area contributed by atoms with E-state index in [1.165, 1.54) is 19.1 Å². The molecule has 0 spiro atoms. The Balaban J connectivity index is 2.60. The van der Waals surface area contributed by atoms with Crippen molar-refractivity contribution in [1.29, 1.82) is 0 Å². The Labute approximate surface area is 144 Å². The van der Waals surface area contributed by atoms with Gasteiger partial charge in [-0.1, -0.05) is 22.9 Å². The van der Waals surface area contributed by atoms with Crippen molar-refractivity contribution >= 4 is 31.6 Å². The third-order valence-corrected chi connectivity index (χ3v) is 5.52. The number of nitrogens with zero attached hydrogens (tertiary/aromatic N) is 2. The predicted molar refractivity (Wildman–Crippen MR) is 84.4 cm³/mol. The zero-order valence-electron chi connectivity index (χ0n) is 12.3. The van der Waals surface area contributed by atoms with E-state index >= 15 is 0 Å². The van der Waals surface area contributed by atoms with Crippen LogP contribution in [-0.2, 0) is 16.0 Å². The molecule has 0 unspecified atom stereocenters. The molecule has 0 fully saturated rings. The second kappa shape index (κ2) is 6.67. The fraction of sp³-hybridized carbons (Fsp3) is 0.286. The average Bonchev–Trinajstić information content (AvgIpc) is 3.03. The molecule has 10 heteroatoms. The summed E-state index contributed by atoms with van der Waals surface area (Å²) < 4.78 is 63.2. The number of carbonyl (C=O) groups excluding carboxylic acids is 1. The van der Waals surface area contributed by atoms with E-state index in [-0.39, 0.29) is 27.2 Å². The van der Waals surface area contributed by atoms with Crippen molar-refractivity contribution in [2.45, 2.75) is 18.0 Å². The number of Topliss-reactive ketones (excluding diaryl/α,β-unsaturated/α-hetero) is 1. The highest BCUT2D eigenvalue weighted by Crippen LogP contribution is 2.28. The van der Waals surface area contributed by atoms with Crippen LogP contribution in [0, 0.1) is 0 Å². The number of carbonyl (C=O) groups is 1. The molecular formula is C14H12BrF3N2O3S. The van der Waals surface area contributed by atoms with Gasteiger partial charge in [0.15, 0.2) is 21.3 Å². The summed E-state index contributed by atoms with van der Waals surface area (Å²) in [4.78, 5) is 11.7. The van der Waals surface area contributed by atoms with Gasteiger partial charge >= 0.3 is 6.18 Å². The number of aromatic nitrogens is 2. The summed E-state index contributed by atoms with van der Waals surface area (Å²) in [6.45, 7) is 1.42. The van der Waals surface area contributed by atoms with E-state index in [2.05, 4.69) is 21.0 Å². The number of ketones is 1. The van der Waals surface area contributed by atoms with Gasteiger partial charge in [0, 0.05) is 11.8 Å². The van der Waals surface area contributed by atoms with E-state index in [4.69, 9.17) is 0 Å². The highest BCUT2D eigenvalue weighted by atomic mass is 79.9. The molecule has 2 rings (SSSR count). The lowest BCUT2D eigenvalue weighted by atomic mass is 10.1. The molecule has 0 aliphatic heterocycles. The van der Waals surface area contributed by atoms with Gasteiger partial charge in [0.1, 0.15) is 0 Å². The van der Waals surface area contributed by atoms with E-state index in [0.29, 0.717) is 0 Å². The molecule has 5 nitrogen and oxygen atoms in total. The van der Waals surface area contributed by atoms with Crippen molar-refractivity contribution in [3.05, 3.63) is 41.7 Å². The Morgan fingerprint density at radius 3 is 2.46 bits per heavy atom. The number of hydrogen-bond donors (Lipinski definition) is 0. The van der Waals surface area contributed by atoms with Crippen LogP contribution in [0.25, 0.3) is 5.69 Å². The van der Waals surface area contributed by atoms with Crippen molar-refractivity contribution in [2.24, 2.45) is 0 Å². The molecule has 1 heterocycles. The van der Waals surface area contributed by atoms with Crippen LogP contribution in [0.1, 0.15) is 23.0 Å². The third-order valence-electron chi connectivity index (χ3n) is 3.25. The first-order valence-corrected chi connectivity index (χ1v) is 9.46. The standard InChI is InChI=1S/C14H12BrF3N2O3S/c1-2-24(22,23)12-7-9(3-4-10(12)11(21)8-15)20-6-5-13(19-20)14(16,17)18/h3-7H,2,8H2,1H3. The molecule has 0 aliphatic rings. The molecule has 0 saturated heterocycles. The summed E-state index contributed by atoms with van der Waals surface area (Å²) in [5.41, 5.74) is -0.993. The first-order valence-electron chi connectivity index (χ1n) is 6.69. The van der Waals surface area contributed by atoms with Crippen LogP contribution < -0.4 is 0 Å². The summed E-state index contributed by atoms with van der Waals surface area (Å²) in [6.07, 6.45) is -3.53. The monoisotopic (exact) mass is 424 g/mol. The number of benzene rings is 1. The SMILES string of the molecule is CCS(=O)(=O)c1cc(-n2ccc(C(F)(F)F)n2)ccc1C(=O)CBr. The lowest BCUT2D eigenvalue weighted by Crippen LogP contribution is -2.13. The molecule has 0 atom stereocenters. The maximum absolute atomic E-state index is 12.6. The molecule has 0 amide bonds. The second-order valence-electron chi connectivity index (χ2n) is 4.78. The highest BCUT2D eigenvalue weighted by molar-refractivity contribution is 9.09. The largest absolute Gasteiger partial charge is 0.435 e. The van der Waals surface area contributed by atoms with Crippen molar-refractivity contribution in [3.8, 4) is 5.69 Å².